The van der Waals surface area contributed by atoms with Gasteiger partial charge >= 0.3 is 0 Å². The predicted molar refractivity (Wildman–Crippen MR) is 86.2 cm³/mol. The van der Waals surface area contributed by atoms with E-state index in [9.17, 15) is 10.1 Å². The molecule has 1 amide bonds. The van der Waals surface area contributed by atoms with E-state index in [0.29, 0.717) is 11.3 Å². The van der Waals surface area contributed by atoms with Crippen LogP contribution in [0.4, 0.5) is 0 Å². The van der Waals surface area contributed by atoms with Gasteiger partial charge in [-0.25, -0.2) is 9.67 Å². The summed E-state index contributed by atoms with van der Waals surface area (Å²) in [7, 11) is 0. The van der Waals surface area contributed by atoms with Crippen LogP contribution in [0.5, 0.6) is 0 Å². The van der Waals surface area contributed by atoms with E-state index in [2.05, 4.69) is 21.5 Å². The van der Waals surface area contributed by atoms with Crippen LogP contribution in [0, 0.1) is 18.3 Å². The second-order valence-corrected chi connectivity index (χ2v) is 5.90. The van der Waals surface area contributed by atoms with Gasteiger partial charge in [0.2, 0.25) is 0 Å². The highest BCUT2D eigenvalue weighted by Crippen LogP contribution is 2.16. The smallest absolute Gasteiger partial charge is 0.272 e. The van der Waals surface area contributed by atoms with Crippen LogP contribution in [0.1, 0.15) is 27.1 Å². The maximum atomic E-state index is 12.1. The lowest BCUT2D eigenvalue weighted by Crippen LogP contribution is -2.27. The maximum absolute atomic E-state index is 12.1. The number of hydrogen-bond donors (Lipinski definition) is 1. The third-order valence-electron chi connectivity index (χ3n) is 3.21. The number of thiazole rings is 1. The van der Waals surface area contributed by atoms with Gasteiger partial charge in [-0.1, -0.05) is 18.2 Å². The number of nitriles is 1. The normalized spacial score (nSPS) is 11.7. The third kappa shape index (κ3) is 3.27. The highest BCUT2D eigenvalue weighted by molar-refractivity contribution is 7.09. The van der Waals surface area contributed by atoms with Gasteiger partial charge in [0, 0.05) is 17.1 Å². The van der Waals surface area contributed by atoms with Gasteiger partial charge in [-0.3, -0.25) is 4.79 Å². The van der Waals surface area contributed by atoms with Crippen LogP contribution in [0.2, 0.25) is 0 Å². The fourth-order valence-corrected chi connectivity index (χ4v) is 2.66. The Bertz CT molecular complexity index is 862. The molecule has 0 spiro atoms. The summed E-state index contributed by atoms with van der Waals surface area (Å²) in [5, 5.41) is 18.7. The summed E-state index contributed by atoms with van der Waals surface area (Å²) in [5.74, 6) is -0.367. The molecule has 2 aromatic heterocycles. The number of hydrogen-bond acceptors (Lipinski definition) is 5. The number of nitrogens with zero attached hydrogens (tertiary/aromatic N) is 4. The molecule has 2 heterocycles. The molecule has 0 saturated carbocycles. The van der Waals surface area contributed by atoms with Crippen molar-refractivity contribution < 1.29 is 4.79 Å². The topological polar surface area (TPSA) is 83.6 Å². The lowest BCUT2D eigenvalue weighted by molar-refractivity contribution is 0.0940. The Kier molecular flexibility index (Phi) is 4.17. The van der Waals surface area contributed by atoms with Gasteiger partial charge in [0.1, 0.15) is 11.7 Å². The number of carbonyl (C=O) groups excluding carboxylic acids is 1. The van der Waals surface area contributed by atoms with E-state index in [1.165, 1.54) is 11.3 Å². The Balaban J connectivity index is 1.78. The molecule has 0 bridgehead atoms. The van der Waals surface area contributed by atoms with Crippen molar-refractivity contribution in [3.63, 3.8) is 0 Å². The number of nitrogens with one attached hydrogen (secondary N) is 1. The minimum absolute atomic E-state index is 0.322. The summed E-state index contributed by atoms with van der Waals surface area (Å²) in [6, 6.07) is 10.9. The van der Waals surface area contributed by atoms with Crippen molar-refractivity contribution in [2.75, 3.05) is 0 Å². The maximum Gasteiger partial charge on any atom is 0.272 e. The molecule has 0 aliphatic rings. The molecule has 0 fully saturated rings. The Morgan fingerprint density at radius 2 is 2.17 bits per heavy atom. The number of carbonyl (C=O) groups is 1. The van der Waals surface area contributed by atoms with Crippen LogP contribution in [-0.4, -0.2) is 20.7 Å². The summed E-state index contributed by atoms with van der Waals surface area (Å²) in [4.78, 5) is 16.3. The molecule has 0 saturated heterocycles. The van der Waals surface area contributed by atoms with Crippen molar-refractivity contribution in [1.29, 1.82) is 5.26 Å². The first-order chi connectivity index (χ1) is 11.2. The van der Waals surface area contributed by atoms with Gasteiger partial charge < -0.3 is 5.32 Å². The summed E-state index contributed by atoms with van der Waals surface area (Å²) >= 11 is 1.39. The zero-order valence-electron chi connectivity index (χ0n) is 12.3. The Morgan fingerprint density at radius 3 is 2.83 bits per heavy atom. The van der Waals surface area contributed by atoms with Gasteiger partial charge in [-0.05, 0) is 19.1 Å². The number of rotatable bonds is 4. The highest BCUT2D eigenvalue weighted by Gasteiger charge is 2.18. The lowest BCUT2D eigenvalue weighted by Gasteiger charge is -2.08. The summed E-state index contributed by atoms with van der Waals surface area (Å²) in [6.07, 6.45) is 3.31. The molecule has 3 rings (SSSR count). The molecular weight excluding hydrogens is 310 g/mol. The van der Waals surface area contributed by atoms with Crippen LogP contribution < -0.4 is 5.32 Å². The van der Waals surface area contributed by atoms with E-state index in [1.807, 2.05) is 37.3 Å². The molecule has 0 aliphatic carbocycles. The molecule has 1 unspecified atom stereocenters. The zero-order chi connectivity index (χ0) is 16.2. The first-order valence-corrected chi connectivity index (χ1v) is 7.78. The van der Waals surface area contributed by atoms with Crippen LogP contribution >= 0.6 is 11.3 Å². The second kappa shape index (κ2) is 6.42. The Labute approximate surface area is 137 Å². The van der Waals surface area contributed by atoms with Crippen molar-refractivity contribution in [2.24, 2.45) is 0 Å². The molecular formula is C16H13N5OS. The summed E-state index contributed by atoms with van der Waals surface area (Å²) < 4.78 is 1.67. The number of aromatic nitrogens is 3. The molecule has 7 heteroatoms. The molecule has 6 nitrogen and oxygen atoms in total. The van der Waals surface area contributed by atoms with Crippen molar-refractivity contribution >= 4 is 17.2 Å². The standard InChI is InChI=1S/C16H13N5OS/c1-11-19-15(10-23-11)16(22)20-14(7-17)12-8-18-21(9-12)13-5-3-2-4-6-13/h2-6,8-10,14H,1H3,(H,20,22). The molecule has 0 radical (unpaired) electrons. The zero-order valence-corrected chi connectivity index (χ0v) is 13.1. The Hall–Kier alpha value is -2.98. The fraction of sp³-hybridized carbons (Fsp3) is 0.125. The van der Waals surface area contributed by atoms with Gasteiger partial charge in [0.05, 0.1) is 23.0 Å². The minimum atomic E-state index is -0.776. The van der Waals surface area contributed by atoms with Gasteiger partial charge in [0.15, 0.2) is 0 Å². The monoisotopic (exact) mass is 323 g/mol. The first-order valence-electron chi connectivity index (χ1n) is 6.90. The molecule has 3 aromatic rings. The number of aryl methyl sites for hydroxylation is 1. The minimum Gasteiger partial charge on any atom is -0.331 e. The van der Waals surface area contributed by atoms with Crippen LogP contribution in [0.15, 0.2) is 48.1 Å². The second-order valence-electron chi connectivity index (χ2n) is 4.84. The van der Waals surface area contributed by atoms with Crippen molar-refractivity contribution in [3.05, 3.63) is 64.4 Å². The van der Waals surface area contributed by atoms with E-state index in [0.717, 1.165) is 10.7 Å². The average molecular weight is 323 g/mol. The van der Waals surface area contributed by atoms with E-state index >= 15 is 0 Å². The average Bonchev–Trinajstić information content (AvgIpc) is 3.22. The molecule has 1 aromatic carbocycles. The van der Waals surface area contributed by atoms with Crippen LogP contribution in [0.25, 0.3) is 5.69 Å². The molecule has 1 N–H and O–H groups in total. The first kappa shape index (κ1) is 14.9. The lowest BCUT2D eigenvalue weighted by atomic mass is 10.2. The summed E-state index contributed by atoms with van der Waals surface area (Å²) in [6.45, 7) is 1.83. The fourth-order valence-electron chi connectivity index (χ4n) is 2.07. The Morgan fingerprint density at radius 1 is 1.39 bits per heavy atom. The number of benzene rings is 1. The van der Waals surface area contributed by atoms with E-state index < -0.39 is 6.04 Å². The van der Waals surface area contributed by atoms with Crippen molar-refractivity contribution in [3.8, 4) is 11.8 Å². The van der Waals surface area contributed by atoms with Gasteiger partial charge in [-0.15, -0.1) is 11.3 Å². The quantitative estimate of drug-likeness (QED) is 0.800. The molecule has 114 valence electrons. The molecule has 23 heavy (non-hydrogen) atoms. The van der Waals surface area contributed by atoms with E-state index in [1.54, 1.807) is 22.5 Å². The third-order valence-corrected chi connectivity index (χ3v) is 3.99. The van der Waals surface area contributed by atoms with E-state index in [4.69, 9.17) is 0 Å². The number of amides is 1. The van der Waals surface area contributed by atoms with Crippen LogP contribution in [0.3, 0.4) is 0 Å². The van der Waals surface area contributed by atoms with Crippen molar-refractivity contribution in [1.82, 2.24) is 20.1 Å². The highest BCUT2D eigenvalue weighted by atomic mass is 32.1. The SMILES string of the molecule is Cc1nc(C(=O)NC(C#N)c2cnn(-c3ccccc3)c2)cs1. The van der Waals surface area contributed by atoms with E-state index in [-0.39, 0.29) is 5.91 Å². The molecule has 1 atom stereocenters. The molecule has 0 aliphatic heterocycles. The summed E-state index contributed by atoms with van der Waals surface area (Å²) in [5.41, 5.74) is 1.83. The predicted octanol–water partition coefficient (Wildman–Crippen LogP) is 2.63. The van der Waals surface area contributed by atoms with Gasteiger partial charge in [0.25, 0.3) is 5.91 Å². The largest absolute Gasteiger partial charge is 0.331 e. The van der Waals surface area contributed by atoms with Gasteiger partial charge in [-0.2, -0.15) is 10.4 Å². The number of para-hydroxylation sites is 1. The van der Waals surface area contributed by atoms with Crippen molar-refractivity contribution in [2.45, 2.75) is 13.0 Å². The van der Waals surface area contributed by atoms with Crippen LogP contribution in [-0.2, 0) is 0 Å².